The Morgan fingerprint density at radius 1 is 1.39 bits per heavy atom. The first-order valence-corrected chi connectivity index (χ1v) is 7.37. The number of ether oxygens (including phenoxy) is 1. The molecule has 8 nitrogen and oxygen atoms in total. The van der Waals surface area contributed by atoms with E-state index in [1.54, 1.807) is 0 Å². The molecular formula is C15H22N6O2. The van der Waals surface area contributed by atoms with E-state index in [0.29, 0.717) is 25.0 Å². The molecular weight excluding hydrogens is 296 g/mol. The molecule has 4 N–H and O–H groups in total. The SMILES string of the molecule is CN(C)Cc1cccc(OCCCNc2ncc(N)c(=O)[nH]2)n1. The van der Waals surface area contributed by atoms with Crippen molar-refractivity contribution in [2.75, 3.05) is 38.3 Å². The first-order valence-electron chi connectivity index (χ1n) is 7.37. The number of hydrogen-bond donors (Lipinski definition) is 3. The van der Waals surface area contributed by atoms with Crippen molar-refractivity contribution in [1.29, 1.82) is 0 Å². The van der Waals surface area contributed by atoms with Crippen LogP contribution in [0.2, 0.25) is 0 Å². The smallest absolute Gasteiger partial charge is 0.275 e. The highest BCUT2D eigenvalue weighted by atomic mass is 16.5. The molecule has 124 valence electrons. The zero-order valence-corrected chi connectivity index (χ0v) is 13.4. The molecule has 0 aliphatic heterocycles. The van der Waals surface area contributed by atoms with Gasteiger partial charge < -0.3 is 20.7 Å². The highest BCUT2D eigenvalue weighted by Gasteiger charge is 2.01. The summed E-state index contributed by atoms with van der Waals surface area (Å²) in [4.78, 5) is 24.3. The van der Waals surface area contributed by atoms with E-state index in [1.807, 2.05) is 32.3 Å². The van der Waals surface area contributed by atoms with Gasteiger partial charge in [0.15, 0.2) is 0 Å². The van der Waals surface area contributed by atoms with E-state index < -0.39 is 0 Å². The lowest BCUT2D eigenvalue weighted by Crippen LogP contribution is -2.17. The molecule has 0 bridgehead atoms. The summed E-state index contributed by atoms with van der Waals surface area (Å²) in [5.74, 6) is 1.01. The average Bonchev–Trinajstić information content (AvgIpc) is 2.50. The van der Waals surface area contributed by atoms with Crippen LogP contribution in [0.3, 0.4) is 0 Å². The number of nitrogen functional groups attached to an aromatic ring is 1. The second-order valence-corrected chi connectivity index (χ2v) is 5.35. The van der Waals surface area contributed by atoms with Gasteiger partial charge in [0.1, 0.15) is 5.69 Å². The van der Waals surface area contributed by atoms with Gasteiger partial charge in [-0.15, -0.1) is 0 Å². The van der Waals surface area contributed by atoms with Crippen LogP contribution in [0, 0.1) is 0 Å². The predicted molar refractivity (Wildman–Crippen MR) is 89.5 cm³/mol. The Balaban J connectivity index is 1.73. The molecule has 0 amide bonds. The highest BCUT2D eigenvalue weighted by Crippen LogP contribution is 2.09. The Hall–Kier alpha value is -2.61. The molecule has 0 atom stereocenters. The normalized spacial score (nSPS) is 10.7. The average molecular weight is 318 g/mol. The van der Waals surface area contributed by atoms with Crippen molar-refractivity contribution in [1.82, 2.24) is 19.9 Å². The first-order chi connectivity index (χ1) is 11.0. The maximum absolute atomic E-state index is 11.3. The predicted octanol–water partition coefficient (Wildman–Crippen LogP) is 0.690. The summed E-state index contributed by atoms with van der Waals surface area (Å²) in [7, 11) is 3.99. The lowest BCUT2D eigenvalue weighted by Gasteiger charge is -2.11. The zero-order valence-electron chi connectivity index (χ0n) is 13.4. The largest absolute Gasteiger partial charge is 0.478 e. The Labute approximate surface area is 134 Å². The highest BCUT2D eigenvalue weighted by molar-refractivity contribution is 5.35. The molecule has 0 aromatic carbocycles. The summed E-state index contributed by atoms with van der Waals surface area (Å²) in [6, 6.07) is 5.74. The van der Waals surface area contributed by atoms with Crippen LogP contribution in [0.1, 0.15) is 12.1 Å². The van der Waals surface area contributed by atoms with Crippen LogP contribution in [-0.2, 0) is 6.54 Å². The third-order valence-electron chi connectivity index (χ3n) is 2.95. The number of aromatic amines is 1. The van der Waals surface area contributed by atoms with Gasteiger partial charge in [-0.2, -0.15) is 0 Å². The van der Waals surface area contributed by atoms with Crippen LogP contribution in [-0.4, -0.2) is 47.1 Å². The van der Waals surface area contributed by atoms with Crippen molar-refractivity contribution in [3.05, 3.63) is 40.4 Å². The fourth-order valence-corrected chi connectivity index (χ4v) is 1.90. The molecule has 0 radical (unpaired) electrons. The Bertz CT molecular complexity index is 686. The minimum absolute atomic E-state index is 0.0996. The van der Waals surface area contributed by atoms with Crippen molar-refractivity contribution >= 4 is 11.6 Å². The van der Waals surface area contributed by atoms with E-state index in [0.717, 1.165) is 18.7 Å². The first kappa shape index (κ1) is 16.8. The molecule has 8 heteroatoms. The van der Waals surface area contributed by atoms with Gasteiger partial charge in [0.2, 0.25) is 11.8 Å². The molecule has 2 rings (SSSR count). The Morgan fingerprint density at radius 2 is 2.22 bits per heavy atom. The molecule has 0 aliphatic carbocycles. The number of H-pyrrole nitrogens is 1. The van der Waals surface area contributed by atoms with Gasteiger partial charge in [0, 0.05) is 19.2 Å². The van der Waals surface area contributed by atoms with Gasteiger partial charge in [-0.1, -0.05) is 6.07 Å². The fraction of sp³-hybridized carbons (Fsp3) is 0.400. The summed E-state index contributed by atoms with van der Waals surface area (Å²) >= 11 is 0. The number of nitrogens with zero attached hydrogens (tertiary/aromatic N) is 3. The topological polar surface area (TPSA) is 109 Å². The number of nitrogens with two attached hydrogens (primary N) is 1. The van der Waals surface area contributed by atoms with E-state index in [2.05, 4.69) is 25.2 Å². The molecule has 0 saturated carbocycles. The summed E-state index contributed by atoms with van der Waals surface area (Å²) in [5, 5.41) is 3.01. The summed E-state index contributed by atoms with van der Waals surface area (Å²) in [5.41, 5.74) is 6.13. The minimum atomic E-state index is -0.347. The fourth-order valence-electron chi connectivity index (χ4n) is 1.90. The van der Waals surface area contributed by atoms with Crippen LogP contribution in [0.4, 0.5) is 11.6 Å². The van der Waals surface area contributed by atoms with E-state index in [1.165, 1.54) is 6.20 Å². The molecule has 23 heavy (non-hydrogen) atoms. The molecule has 2 aromatic heterocycles. The molecule has 0 unspecified atom stereocenters. The zero-order chi connectivity index (χ0) is 16.7. The van der Waals surface area contributed by atoms with Crippen LogP contribution in [0.15, 0.2) is 29.2 Å². The summed E-state index contributed by atoms with van der Waals surface area (Å²) in [6.07, 6.45) is 2.07. The van der Waals surface area contributed by atoms with Crippen LogP contribution < -0.4 is 21.3 Å². The van der Waals surface area contributed by atoms with Gasteiger partial charge >= 0.3 is 0 Å². The van der Waals surface area contributed by atoms with Gasteiger partial charge in [0.05, 0.1) is 18.5 Å². The van der Waals surface area contributed by atoms with Crippen LogP contribution >= 0.6 is 0 Å². The lowest BCUT2D eigenvalue weighted by atomic mass is 10.3. The van der Waals surface area contributed by atoms with E-state index in [4.69, 9.17) is 10.5 Å². The Kier molecular flexibility index (Phi) is 5.93. The molecule has 0 aliphatic rings. The van der Waals surface area contributed by atoms with E-state index in [-0.39, 0.29) is 11.2 Å². The van der Waals surface area contributed by atoms with Gasteiger partial charge in [0.25, 0.3) is 5.56 Å². The molecule has 0 spiro atoms. The monoisotopic (exact) mass is 318 g/mol. The maximum Gasteiger partial charge on any atom is 0.275 e. The van der Waals surface area contributed by atoms with Crippen molar-refractivity contribution in [3.63, 3.8) is 0 Å². The van der Waals surface area contributed by atoms with Gasteiger partial charge in [-0.05, 0) is 26.6 Å². The lowest BCUT2D eigenvalue weighted by molar-refractivity contribution is 0.300. The van der Waals surface area contributed by atoms with Crippen molar-refractivity contribution in [2.45, 2.75) is 13.0 Å². The number of anilines is 2. The third-order valence-corrected chi connectivity index (χ3v) is 2.95. The quantitative estimate of drug-likeness (QED) is 0.614. The van der Waals surface area contributed by atoms with Gasteiger partial charge in [-0.25, -0.2) is 9.97 Å². The Morgan fingerprint density at radius 3 is 2.96 bits per heavy atom. The standard InChI is InChI=1S/C15H22N6O2/c1-21(2)10-11-5-3-6-13(19-11)23-8-4-7-17-15-18-9-12(16)14(22)20-15/h3,5-6,9H,4,7-8,10,16H2,1-2H3,(H2,17,18,20,22). The molecule has 2 heterocycles. The van der Waals surface area contributed by atoms with Crippen molar-refractivity contribution in [3.8, 4) is 5.88 Å². The summed E-state index contributed by atoms with van der Waals surface area (Å²) in [6.45, 7) is 1.91. The number of hydrogen-bond acceptors (Lipinski definition) is 7. The van der Waals surface area contributed by atoms with Crippen molar-refractivity contribution < 1.29 is 4.74 Å². The van der Waals surface area contributed by atoms with Gasteiger partial charge in [-0.3, -0.25) is 9.78 Å². The summed E-state index contributed by atoms with van der Waals surface area (Å²) < 4.78 is 5.63. The second kappa shape index (κ2) is 8.14. The van der Waals surface area contributed by atoms with Crippen LogP contribution in [0.25, 0.3) is 0 Å². The number of rotatable bonds is 8. The number of nitrogens with one attached hydrogen (secondary N) is 2. The van der Waals surface area contributed by atoms with Crippen LogP contribution in [0.5, 0.6) is 5.88 Å². The maximum atomic E-state index is 11.3. The molecule has 0 saturated heterocycles. The minimum Gasteiger partial charge on any atom is -0.478 e. The second-order valence-electron chi connectivity index (χ2n) is 5.35. The number of pyridine rings is 1. The molecule has 0 fully saturated rings. The number of aromatic nitrogens is 3. The molecule has 2 aromatic rings. The van der Waals surface area contributed by atoms with E-state index >= 15 is 0 Å². The van der Waals surface area contributed by atoms with E-state index in [9.17, 15) is 4.79 Å². The third kappa shape index (κ3) is 5.59. The van der Waals surface area contributed by atoms with Crippen molar-refractivity contribution in [2.24, 2.45) is 0 Å².